The average Bonchev–Trinajstić information content (AvgIpc) is 2.83. The third-order valence-electron chi connectivity index (χ3n) is 3.46. The molecule has 0 bridgehead atoms. The summed E-state index contributed by atoms with van der Waals surface area (Å²) in [7, 11) is 0. The van der Waals surface area contributed by atoms with Crippen molar-refractivity contribution in [3.63, 3.8) is 0 Å². The Hall–Kier alpha value is -1.47. The minimum Gasteiger partial charge on any atom is -0.476 e. The highest BCUT2D eigenvalue weighted by Crippen LogP contribution is 2.27. The predicted octanol–water partition coefficient (Wildman–Crippen LogP) is 0.868. The summed E-state index contributed by atoms with van der Waals surface area (Å²) in [6, 6.07) is 0. The van der Waals surface area contributed by atoms with Gasteiger partial charge in [-0.25, -0.2) is 9.48 Å². The van der Waals surface area contributed by atoms with E-state index in [1.54, 1.807) is 4.68 Å². The van der Waals surface area contributed by atoms with Gasteiger partial charge in [0.2, 0.25) is 0 Å². The molecule has 2 rings (SSSR count). The predicted molar refractivity (Wildman–Crippen MR) is 72.9 cm³/mol. The second kappa shape index (κ2) is 6.81. The Kier molecular flexibility index (Phi) is 5.08. The van der Waals surface area contributed by atoms with Gasteiger partial charge in [-0.1, -0.05) is 5.21 Å². The quantitative estimate of drug-likeness (QED) is 0.804. The van der Waals surface area contributed by atoms with Gasteiger partial charge in [0.15, 0.2) is 5.69 Å². The van der Waals surface area contributed by atoms with Crippen molar-refractivity contribution >= 4 is 5.97 Å². The normalized spacial score (nSPS) is 16.8. The number of ether oxygens (including phenoxy) is 1. The Bertz CT molecular complexity index is 452. The summed E-state index contributed by atoms with van der Waals surface area (Å²) in [5, 5.41) is 20.4. The Labute approximate surface area is 118 Å². The maximum atomic E-state index is 11.3. The monoisotopic (exact) mass is 282 g/mol. The molecule has 1 aliphatic heterocycles. The van der Waals surface area contributed by atoms with Gasteiger partial charge in [0.05, 0.1) is 24.9 Å². The largest absolute Gasteiger partial charge is 0.476 e. The summed E-state index contributed by atoms with van der Waals surface area (Å²) < 4.78 is 7.21. The van der Waals surface area contributed by atoms with Gasteiger partial charge in [0.25, 0.3) is 0 Å². The zero-order chi connectivity index (χ0) is 14.5. The van der Waals surface area contributed by atoms with Crippen LogP contribution in [0.25, 0.3) is 0 Å². The number of hydrogen-bond acceptors (Lipinski definition) is 5. The minimum absolute atomic E-state index is 0.0847. The number of rotatable bonds is 6. The average molecular weight is 282 g/mol. The Balaban J connectivity index is 2.15. The van der Waals surface area contributed by atoms with E-state index in [0.717, 1.165) is 31.6 Å². The molecule has 112 valence electrons. The van der Waals surface area contributed by atoms with E-state index in [0.29, 0.717) is 13.2 Å². The van der Waals surface area contributed by atoms with Crippen LogP contribution in [0.2, 0.25) is 0 Å². The molecule has 0 atom stereocenters. The molecule has 1 aliphatic rings. The Morgan fingerprint density at radius 3 is 2.80 bits per heavy atom. The molecule has 7 heteroatoms. The first kappa shape index (κ1) is 14.9. The number of carboxylic acid groups (broad SMARTS) is 1. The first-order chi connectivity index (χ1) is 9.59. The van der Waals surface area contributed by atoms with Gasteiger partial charge in [-0.15, -0.1) is 5.10 Å². The molecule has 1 fully saturated rings. The number of carboxylic acids is 1. The summed E-state index contributed by atoms with van der Waals surface area (Å²) in [4.78, 5) is 11.3. The SMILES string of the molecule is CC(C)OCCn1nnc(C(=O)O)c1C1CCNCC1. The third-order valence-corrected chi connectivity index (χ3v) is 3.46. The fourth-order valence-electron chi connectivity index (χ4n) is 2.51. The van der Waals surface area contributed by atoms with Crippen molar-refractivity contribution < 1.29 is 14.6 Å². The highest BCUT2D eigenvalue weighted by Gasteiger charge is 2.27. The maximum Gasteiger partial charge on any atom is 0.358 e. The molecule has 2 heterocycles. The standard InChI is InChI=1S/C13H22N4O3/c1-9(2)20-8-7-17-12(10-3-5-14-6-4-10)11(13(18)19)15-16-17/h9-10,14H,3-8H2,1-2H3,(H,18,19). The van der Waals surface area contributed by atoms with E-state index in [2.05, 4.69) is 15.6 Å². The van der Waals surface area contributed by atoms with Crippen LogP contribution in [0.5, 0.6) is 0 Å². The molecule has 0 saturated carbocycles. The van der Waals surface area contributed by atoms with Crippen LogP contribution in [0, 0.1) is 0 Å². The molecule has 7 nitrogen and oxygen atoms in total. The number of carbonyl (C=O) groups is 1. The molecule has 0 spiro atoms. The van der Waals surface area contributed by atoms with Crippen LogP contribution in [0.4, 0.5) is 0 Å². The number of hydrogen-bond donors (Lipinski definition) is 2. The van der Waals surface area contributed by atoms with E-state index in [4.69, 9.17) is 4.74 Å². The lowest BCUT2D eigenvalue weighted by Crippen LogP contribution is -2.29. The zero-order valence-electron chi connectivity index (χ0n) is 12.0. The topological polar surface area (TPSA) is 89.3 Å². The third kappa shape index (κ3) is 3.55. The summed E-state index contributed by atoms with van der Waals surface area (Å²) in [6.45, 7) is 6.79. The van der Waals surface area contributed by atoms with E-state index in [-0.39, 0.29) is 17.7 Å². The highest BCUT2D eigenvalue weighted by atomic mass is 16.5. The van der Waals surface area contributed by atoms with Gasteiger partial charge >= 0.3 is 5.97 Å². The summed E-state index contributed by atoms with van der Waals surface area (Å²) in [5.41, 5.74) is 0.827. The lowest BCUT2D eigenvalue weighted by atomic mass is 9.93. The van der Waals surface area contributed by atoms with Crippen molar-refractivity contribution in [3.8, 4) is 0 Å². The molecule has 1 aromatic rings. The fourth-order valence-corrected chi connectivity index (χ4v) is 2.51. The molecule has 1 aromatic heterocycles. The molecule has 1 saturated heterocycles. The van der Waals surface area contributed by atoms with E-state index in [9.17, 15) is 9.90 Å². The van der Waals surface area contributed by atoms with E-state index in [1.807, 2.05) is 13.8 Å². The van der Waals surface area contributed by atoms with Crippen molar-refractivity contribution in [2.24, 2.45) is 0 Å². The summed E-state index contributed by atoms with van der Waals surface area (Å²) >= 11 is 0. The van der Waals surface area contributed by atoms with Crippen LogP contribution in [-0.2, 0) is 11.3 Å². The van der Waals surface area contributed by atoms with Gasteiger partial charge in [-0.05, 0) is 39.8 Å². The van der Waals surface area contributed by atoms with Crippen molar-refractivity contribution in [1.29, 1.82) is 0 Å². The second-order valence-corrected chi connectivity index (χ2v) is 5.30. The molecule has 2 N–H and O–H groups in total. The number of nitrogens with one attached hydrogen (secondary N) is 1. The van der Waals surface area contributed by atoms with Crippen LogP contribution in [-0.4, -0.2) is 51.9 Å². The minimum atomic E-state index is -1.01. The Morgan fingerprint density at radius 2 is 2.20 bits per heavy atom. The van der Waals surface area contributed by atoms with Crippen LogP contribution < -0.4 is 5.32 Å². The van der Waals surface area contributed by atoms with Crippen molar-refractivity contribution in [2.45, 2.75) is 45.3 Å². The van der Waals surface area contributed by atoms with Crippen LogP contribution in [0.3, 0.4) is 0 Å². The first-order valence-corrected chi connectivity index (χ1v) is 7.08. The fraction of sp³-hybridized carbons (Fsp3) is 0.769. The van der Waals surface area contributed by atoms with Gasteiger partial charge in [-0.3, -0.25) is 0 Å². The van der Waals surface area contributed by atoms with Crippen molar-refractivity contribution in [3.05, 3.63) is 11.4 Å². The first-order valence-electron chi connectivity index (χ1n) is 7.08. The lowest BCUT2D eigenvalue weighted by Gasteiger charge is -2.23. The molecular formula is C13H22N4O3. The molecule has 0 aromatic carbocycles. The zero-order valence-corrected chi connectivity index (χ0v) is 12.0. The smallest absolute Gasteiger partial charge is 0.358 e. The van der Waals surface area contributed by atoms with E-state index >= 15 is 0 Å². The molecule has 20 heavy (non-hydrogen) atoms. The van der Waals surface area contributed by atoms with Crippen LogP contribution in [0.1, 0.15) is 48.8 Å². The molecule has 0 aliphatic carbocycles. The van der Waals surface area contributed by atoms with Gasteiger partial charge in [0.1, 0.15) is 0 Å². The van der Waals surface area contributed by atoms with E-state index < -0.39 is 5.97 Å². The second-order valence-electron chi connectivity index (χ2n) is 5.30. The number of nitrogens with zero attached hydrogens (tertiary/aromatic N) is 3. The van der Waals surface area contributed by atoms with Gasteiger partial charge in [-0.2, -0.15) is 0 Å². The number of aromatic nitrogens is 3. The highest BCUT2D eigenvalue weighted by molar-refractivity contribution is 5.86. The maximum absolute atomic E-state index is 11.3. The van der Waals surface area contributed by atoms with Crippen molar-refractivity contribution in [1.82, 2.24) is 20.3 Å². The van der Waals surface area contributed by atoms with Crippen molar-refractivity contribution in [2.75, 3.05) is 19.7 Å². The summed E-state index contributed by atoms with van der Waals surface area (Å²) in [5.74, 6) is -0.800. The molecule has 0 amide bonds. The molecule has 0 radical (unpaired) electrons. The Morgan fingerprint density at radius 1 is 1.50 bits per heavy atom. The number of aromatic carboxylic acids is 1. The van der Waals surface area contributed by atoms with E-state index in [1.165, 1.54) is 0 Å². The molecular weight excluding hydrogens is 260 g/mol. The van der Waals surface area contributed by atoms with Gasteiger partial charge in [0, 0.05) is 5.92 Å². The molecule has 0 unspecified atom stereocenters. The van der Waals surface area contributed by atoms with Crippen LogP contribution >= 0.6 is 0 Å². The lowest BCUT2D eigenvalue weighted by molar-refractivity contribution is 0.0678. The number of piperidine rings is 1. The summed E-state index contributed by atoms with van der Waals surface area (Å²) in [6.07, 6.45) is 1.98. The van der Waals surface area contributed by atoms with Gasteiger partial charge < -0.3 is 15.2 Å². The van der Waals surface area contributed by atoms with Crippen LogP contribution in [0.15, 0.2) is 0 Å².